The third-order valence-corrected chi connectivity index (χ3v) is 3.39. The van der Waals surface area contributed by atoms with Gasteiger partial charge in [0.2, 0.25) is 0 Å². The van der Waals surface area contributed by atoms with Crippen molar-refractivity contribution in [3.05, 3.63) is 24.3 Å². The molecule has 0 amide bonds. The van der Waals surface area contributed by atoms with Gasteiger partial charge in [0.1, 0.15) is 11.9 Å². The fraction of sp³-hybridized carbons (Fsp3) is 0.467. The summed E-state index contributed by atoms with van der Waals surface area (Å²) in [5, 5.41) is 3.90. The van der Waals surface area contributed by atoms with Crippen molar-refractivity contribution in [2.75, 3.05) is 32.2 Å². The van der Waals surface area contributed by atoms with Gasteiger partial charge in [0.25, 0.3) is 11.8 Å². The highest BCUT2D eigenvalue weighted by Crippen LogP contribution is 2.24. The maximum absolute atomic E-state index is 5.93. The molecule has 1 fully saturated rings. The fourth-order valence-corrected chi connectivity index (χ4v) is 2.18. The molecule has 1 aliphatic rings. The Bertz CT molecular complexity index is 574. The third-order valence-electron chi connectivity index (χ3n) is 3.39. The van der Waals surface area contributed by atoms with Gasteiger partial charge in [0.15, 0.2) is 0 Å². The molecule has 2 aromatic rings. The van der Waals surface area contributed by atoms with Gasteiger partial charge in [-0.3, -0.25) is 0 Å². The molecule has 3 rings (SSSR count). The molecular formula is C15H19N3O3. The minimum Gasteiger partial charge on any atom is -0.490 e. The second-order valence-corrected chi connectivity index (χ2v) is 5.25. The van der Waals surface area contributed by atoms with Crippen molar-refractivity contribution >= 4 is 5.95 Å². The summed E-state index contributed by atoms with van der Waals surface area (Å²) in [6.07, 6.45) is 2.13. The zero-order valence-electron chi connectivity index (χ0n) is 12.3. The van der Waals surface area contributed by atoms with Crippen molar-refractivity contribution in [1.82, 2.24) is 10.1 Å². The highest BCUT2D eigenvalue weighted by Gasteiger charge is 2.15. The topological polar surface area (TPSA) is 60.6 Å². The van der Waals surface area contributed by atoms with Crippen LogP contribution in [0.2, 0.25) is 0 Å². The predicted octanol–water partition coefficient (Wildman–Crippen LogP) is 2.36. The molecule has 0 saturated carbocycles. The quantitative estimate of drug-likeness (QED) is 0.861. The van der Waals surface area contributed by atoms with Crippen molar-refractivity contribution < 1.29 is 14.0 Å². The van der Waals surface area contributed by atoms with Crippen LogP contribution in [0, 0.1) is 0 Å². The Balaban J connectivity index is 1.68. The number of nitrogens with zero attached hydrogens (tertiary/aromatic N) is 3. The lowest BCUT2D eigenvalue weighted by Gasteiger charge is -2.23. The van der Waals surface area contributed by atoms with E-state index in [0.29, 0.717) is 11.8 Å². The summed E-state index contributed by atoms with van der Waals surface area (Å²) in [4.78, 5) is 6.12. The van der Waals surface area contributed by atoms with Crippen LogP contribution < -0.4 is 9.64 Å². The molecule has 1 aliphatic heterocycles. The van der Waals surface area contributed by atoms with E-state index in [0.717, 1.165) is 37.4 Å². The van der Waals surface area contributed by atoms with Gasteiger partial charge in [-0.2, -0.15) is 4.98 Å². The van der Waals surface area contributed by atoms with Crippen molar-refractivity contribution in [2.24, 2.45) is 0 Å². The van der Waals surface area contributed by atoms with Crippen molar-refractivity contribution in [3.63, 3.8) is 0 Å². The molecule has 1 aromatic carbocycles. The second kappa shape index (κ2) is 6.13. The molecule has 112 valence electrons. The maximum Gasteiger partial charge on any atom is 0.265 e. The lowest BCUT2D eigenvalue weighted by molar-refractivity contribution is 0.0256. The van der Waals surface area contributed by atoms with Crippen LogP contribution in [-0.4, -0.2) is 43.6 Å². The SMILES string of the molecule is CN(C)c1noc(-c2ccc(OC3CCOCC3)cc2)n1. The third kappa shape index (κ3) is 3.33. The molecule has 1 saturated heterocycles. The van der Waals surface area contributed by atoms with E-state index in [9.17, 15) is 0 Å². The largest absolute Gasteiger partial charge is 0.490 e. The fourth-order valence-electron chi connectivity index (χ4n) is 2.18. The van der Waals surface area contributed by atoms with Gasteiger partial charge >= 0.3 is 0 Å². The smallest absolute Gasteiger partial charge is 0.265 e. The van der Waals surface area contributed by atoms with Gasteiger partial charge in [-0.25, -0.2) is 0 Å². The first-order valence-corrected chi connectivity index (χ1v) is 7.08. The van der Waals surface area contributed by atoms with Crippen molar-refractivity contribution in [3.8, 4) is 17.2 Å². The first-order valence-electron chi connectivity index (χ1n) is 7.08. The lowest BCUT2D eigenvalue weighted by Crippen LogP contribution is -2.25. The summed E-state index contributed by atoms with van der Waals surface area (Å²) < 4.78 is 16.5. The zero-order valence-corrected chi connectivity index (χ0v) is 12.3. The van der Waals surface area contributed by atoms with E-state index < -0.39 is 0 Å². The molecule has 0 atom stereocenters. The van der Waals surface area contributed by atoms with E-state index in [1.165, 1.54) is 0 Å². The molecule has 0 spiro atoms. The Kier molecular flexibility index (Phi) is 4.06. The van der Waals surface area contributed by atoms with Crippen LogP contribution in [0.3, 0.4) is 0 Å². The Morgan fingerprint density at radius 3 is 2.48 bits per heavy atom. The second-order valence-electron chi connectivity index (χ2n) is 5.25. The van der Waals surface area contributed by atoms with E-state index >= 15 is 0 Å². The monoisotopic (exact) mass is 289 g/mol. The maximum atomic E-state index is 5.93. The van der Waals surface area contributed by atoms with Gasteiger partial charge in [0.05, 0.1) is 13.2 Å². The van der Waals surface area contributed by atoms with Crippen LogP contribution in [-0.2, 0) is 4.74 Å². The van der Waals surface area contributed by atoms with Gasteiger partial charge in [-0.15, -0.1) is 0 Å². The number of aromatic nitrogens is 2. The number of anilines is 1. The predicted molar refractivity (Wildman–Crippen MR) is 78.5 cm³/mol. The number of ether oxygens (including phenoxy) is 2. The molecule has 6 nitrogen and oxygen atoms in total. The van der Waals surface area contributed by atoms with Crippen molar-refractivity contribution in [1.29, 1.82) is 0 Å². The molecule has 0 N–H and O–H groups in total. The Hall–Kier alpha value is -2.08. The van der Waals surface area contributed by atoms with E-state index in [1.54, 1.807) is 4.90 Å². The summed E-state index contributed by atoms with van der Waals surface area (Å²) in [5.74, 6) is 1.93. The number of rotatable bonds is 4. The van der Waals surface area contributed by atoms with E-state index in [2.05, 4.69) is 10.1 Å². The molecule has 0 radical (unpaired) electrons. The van der Waals surface area contributed by atoms with Gasteiger partial charge < -0.3 is 18.9 Å². The number of hydrogen-bond donors (Lipinski definition) is 0. The molecule has 0 bridgehead atoms. The highest BCUT2D eigenvalue weighted by molar-refractivity contribution is 5.55. The normalized spacial score (nSPS) is 15.9. The lowest BCUT2D eigenvalue weighted by atomic mass is 10.1. The summed E-state index contributed by atoms with van der Waals surface area (Å²) in [5.41, 5.74) is 0.884. The van der Waals surface area contributed by atoms with E-state index in [-0.39, 0.29) is 6.10 Å². The van der Waals surface area contributed by atoms with Crippen LogP contribution in [0.15, 0.2) is 28.8 Å². The average Bonchev–Trinajstić information content (AvgIpc) is 2.99. The van der Waals surface area contributed by atoms with Crippen molar-refractivity contribution in [2.45, 2.75) is 18.9 Å². The number of hydrogen-bond acceptors (Lipinski definition) is 6. The number of benzene rings is 1. The Morgan fingerprint density at radius 2 is 1.86 bits per heavy atom. The molecule has 2 heterocycles. The van der Waals surface area contributed by atoms with Gasteiger partial charge in [-0.05, 0) is 29.4 Å². The van der Waals surface area contributed by atoms with Gasteiger partial charge in [0, 0.05) is 32.5 Å². The van der Waals surface area contributed by atoms with Crippen LogP contribution in [0.4, 0.5) is 5.95 Å². The zero-order chi connectivity index (χ0) is 14.7. The van der Waals surface area contributed by atoms with E-state index in [4.69, 9.17) is 14.0 Å². The first kappa shape index (κ1) is 13.9. The summed E-state index contributed by atoms with van der Waals surface area (Å²) in [6.45, 7) is 1.55. The molecule has 21 heavy (non-hydrogen) atoms. The van der Waals surface area contributed by atoms with Crippen LogP contribution in [0.25, 0.3) is 11.5 Å². The van der Waals surface area contributed by atoms with Crippen LogP contribution in [0.1, 0.15) is 12.8 Å². The minimum atomic E-state index is 0.244. The summed E-state index contributed by atoms with van der Waals surface area (Å²) in [7, 11) is 3.75. The Morgan fingerprint density at radius 1 is 1.14 bits per heavy atom. The Labute approximate surface area is 123 Å². The standard InChI is InChI=1S/C15H19N3O3/c1-18(2)15-16-14(21-17-15)11-3-5-12(6-4-11)20-13-7-9-19-10-8-13/h3-6,13H,7-10H2,1-2H3. The van der Waals surface area contributed by atoms with E-state index in [1.807, 2.05) is 38.4 Å². The minimum absolute atomic E-state index is 0.244. The van der Waals surface area contributed by atoms with Crippen LogP contribution in [0.5, 0.6) is 5.75 Å². The average molecular weight is 289 g/mol. The first-order chi connectivity index (χ1) is 10.2. The molecule has 0 unspecified atom stereocenters. The molecular weight excluding hydrogens is 270 g/mol. The summed E-state index contributed by atoms with van der Waals surface area (Å²) >= 11 is 0. The molecule has 1 aromatic heterocycles. The van der Waals surface area contributed by atoms with Gasteiger partial charge in [-0.1, -0.05) is 0 Å². The van der Waals surface area contributed by atoms with Crippen LogP contribution >= 0.6 is 0 Å². The summed E-state index contributed by atoms with van der Waals surface area (Å²) in [6, 6.07) is 7.73. The molecule has 0 aliphatic carbocycles. The molecule has 6 heteroatoms. The highest BCUT2D eigenvalue weighted by atomic mass is 16.5.